The first-order chi connectivity index (χ1) is 8.38. The van der Waals surface area contributed by atoms with Crippen LogP contribution in [-0.4, -0.2) is 29.1 Å². The zero-order valence-corrected chi connectivity index (χ0v) is 11.9. The quantitative estimate of drug-likeness (QED) is 0.754. The first-order valence-corrected chi connectivity index (χ1v) is 6.28. The number of hydrogen-bond acceptors (Lipinski definition) is 3. The molecule has 1 amide bonds. The second-order valence-corrected chi connectivity index (χ2v) is 4.94. The third kappa shape index (κ3) is 3.00. The van der Waals surface area contributed by atoms with Crippen LogP contribution < -0.4 is 0 Å². The molecule has 0 radical (unpaired) electrons. The molecule has 0 N–H and O–H groups in total. The van der Waals surface area contributed by atoms with Gasteiger partial charge in [-0.1, -0.05) is 31.2 Å². The fourth-order valence-corrected chi connectivity index (χ4v) is 1.85. The highest BCUT2D eigenvalue weighted by Gasteiger charge is 2.25. The lowest BCUT2D eigenvalue weighted by atomic mass is 10.0. The molecule has 100 valence electrons. The number of carbonyl (C=O) groups excluding carboxylic acids is 1. The van der Waals surface area contributed by atoms with Crippen molar-refractivity contribution in [1.82, 2.24) is 10.1 Å². The minimum atomic E-state index is -0.0250. The molecular weight excluding hydrogens is 228 g/mol. The first-order valence-electron chi connectivity index (χ1n) is 6.28. The molecule has 1 heterocycles. The van der Waals surface area contributed by atoms with E-state index in [-0.39, 0.29) is 11.8 Å². The van der Waals surface area contributed by atoms with E-state index in [9.17, 15) is 4.79 Å². The summed E-state index contributed by atoms with van der Waals surface area (Å²) in [5.41, 5.74) is 2.22. The van der Waals surface area contributed by atoms with Crippen molar-refractivity contribution in [2.24, 2.45) is 0 Å². The van der Waals surface area contributed by atoms with E-state index in [1.165, 1.54) is 0 Å². The average molecular weight is 250 g/mol. The maximum Gasteiger partial charge on any atom is 0.259 e. The summed E-state index contributed by atoms with van der Waals surface area (Å²) in [6, 6.07) is 0. The summed E-state index contributed by atoms with van der Waals surface area (Å²) >= 11 is 0. The second kappa shape index (κ2) is 5.85. The van der Waals surface area contributed by atoms with Gasteiger partial charge >= 0.3 is 0 Å². The summed E-state index contributed by atoms with van der Waals surface area (Å²) in [6.45, 7) is 14.7. The third-order valence-electron chi connectivity index (χ3n) is 2.76. The molecule has 0 fully saturated rings. The third-order valence-corrected chi connectivity index (χ3v) is 2.76. The van der Waals surface area contributed by atoms with Crippen molar-refractivity contribution in [1.29, 1.82) is 0 Å². The first kappa shape index (κ1) is 14.5. The van der Waals surface area contributed by atoms with Gasteiger partial charge in [0.15, 0.2) is 5.76 Å². The van der Waals surface area contributed by atoms with Gasteiger partial charge in [0.2, 0.25) is 0 Å². The second-order valence-electron chi connectivity index (χ2n) is 4.94. The molecular formula is C14H22N2O2. The van der Waals surface area contributed by atoms with Crippen molar-refractivity contribution in [3.8, 4) is 0 Å². The number of aromatic nitrogens is 1. The number of rotatable bonds is 5. The predicted octanol–water partition coefficient (Wildman–Crippen LogP) is 3.14. The van der Waals surface area contributed by atoms with E-state index in [0.29, 0.717) is 30.1 Å². The lowest BCUT2D eigenvalue weighted by Gasteiger charge is -2.21. The molecule has 0 unspecified atom stereocenters. The summed E-state index contributed by atoms with van der Waals surface area (Å²) in [6.07, 6.45) is 0. The van der Waals surface area contributed by atoms with Crippen LogP contribution in [0, 0.1) is 6.92 Å². The highest BCUT2D eigenvalue weighted by molar-refractivity contribution is 5.96. The maximum atomic E-state index is 12.5. The lowest BCUT2D eigenvalue weighted by molar-refractivity contribution is 0.0775. The Morgan fingerprint density at radius 3 is 2.56 bits per heavy atom. The van der Waals surface area contributed by atoms with E-state index in [1.54, 1.807) is 11.8 Å². The summed E-state index contributed by atoms with van der Waals surface area (Å²) in [4.78, 5) is 14.3. The molecule has 0 saturated carbocycles. The molecule has 0 aliphatic rings. The van der Waals surface area contributed by atoms with Gasteiger partial charge < -0.3 is 9.42 Å². The topological polar surface area (TPSA) is 46.3 Å². The smallest absolute Gasteiger partial charge is 0.259 e. The predicted molar refractivity (Wildman–Crippen MR) is 71.7 cm³/mol. The van der Waals surface area contributed by atoms with Crippen LogP contribution in [0.15, 0.2) is 16.7 Å². The molecule has 0 atom stereocenters. The van der Waals surface area contributed by atoms with Crippen LogP contribution in [0.5, 0.6) is 0 Å². The molecule has 1 rings (SSSR count). The largest absolute Gasteiger partial charge is 0.360 e. The molecule has 1 aromatic heterocycles. The number of likely N-dealkylation sites (N-methyl/N-ethyl adjacent to an activating group) is 1. The molecule has 4 nitrogen and oxygen atoms in total. The van der Waals surface area contributed by atoms with Gasteiger partial charge in [-0.2, -0.15) is 0 Å². The van der Waals surface area contributed by atoms with Gasteiger partial charge in [0, 0.05) is 19.0 Å². The monoisotopic (exact) mass is 250 g/mol. The van der Waals surface area contributed by atoms with E-state index in [0.717, 1.165) is 5.57 Å². The van der Waals surface area contributed by atoms with E-state index < -0.39 is 0 Å². The Morgan fingerprint density at radius 2 is 2.11 bits per heavy atom. The summed E-state index contributed by atoms with van der Waals surface area (Å²) in [7, 11) is 0. The normalized spacial score (nSPS) is 10.8. The van der Waals surface area contributed by atoms with Gasteiger partial charge in [0.25, 0.3) is 5.91 Å². The van der Waals surface area contributed by atoms with E-state index >= 15 is 0 Å². The molecule has 0 aliphatic carbocycles. The fraction of sp³-hybridized carbons (Fsp3) is 0.571. The zero-order chi connectivity index (χ0) is 13.9. The van der Waals surface area contributed by atoms with E-state index in [1.807, 2.05) is 27.7 Å². The molecule has 0 aliphatic heterocycles. The fourth-order valence-electron chi connectivity index (χ4n) is 1.85. The van der Waals surface area contributed by atoms with Gasteiger partial charge in [0.05, 0.1) is 5.69 Å². The van der Waals surface area contributed by atoms with Crippen LogP contribution >= 0.6 is 0 Å². The SMILES string of the molecule is C=C(C)CN(CC)C(=O)c1c(C)noc1C(C)C. The Morgan fingerprint density at radius 1 is 1.50 bits per heavy atom. The van der Waals surface area contributed by atoms with Crippen molar-refractivity contribution < 1.29 is 9.32 Å². The Labute approximate surface area is 109 Å². The summed E-state index contributed by atoms with van der Waals surface area (Å²) in [5.74, 6) is 0.786. The highest BCUT2D eigenvalue weighted by atomic mass is 16.5. The molecule has 0 aromatic carbocycles. The number of nitrogens with zero attached hydrogens (tertiary/aromatic N) is 2. The number of hydrogen-bond donors (Lipinski definition) is 0. The number of aryl methyl sites for hydroxylation is 1. The molecule has 0 spiro atoms. The minimum Gasteiger partial charge on any atom is -0.360 e. The Kier molecular flexibility index (Phi) is 4.70. The minimum absolute atomic E-state index is 0.0250. The van der Waals surface area contributed by atoms with Crippen molar-refractivity contribution in [3.05, 3.63) is 29.2 Å². The van der Waals surface area contributed by atoms with Gasteiger partial charge in [-0.05, 0) is 20.8 Å². The van der Waals surface area contributed by atoms with Crippen LogP contribution in [-0.2, 0) is 0 Å². The molecule has 0 bridgehead atoms. The van der Waals surface area contributed by atoms with E-state index in [2.05, 4.69) is 11.7 Å². The molecule has 0 saturated heterocycles. The molecule has 4 heteroatoms. The Hall–Kier alpha value is -1.58. The van der Waals surface area contributed by atoms with Crippen molar-refractivity contribution in [3.63, 3.8) is 0 Å². The van der Waals surface area contributed by atoms with Crippen molar-refractivity contribution in [2.45, 2.75) is 40.5 Å². The molecule has 18 heavy (non-hydrogen) atoms. The maximum absolute atomic E-state index is 12.5. The van der Waals surface area contributed by atoms with Crippen LogP contribution in [0.4, 0.5) is 0 Å². The number of carbonyl (C=O) groups is 1. The highest BCUT2D eigenvalue weighted by Crippen LogP contribution is 2.23. The number of amides is 1. The van der Waals surface area contributed by atoms with Gasteiger partial charge in [-0.15, -0.1) is 0 Å². The lowest BCUT2D eigenvalue weighted by Crippen LogP contribution is -2.33. The van der Waals surface area contributed by atoms with Crippen molar-refractivity contribution >= 4 is 5.91 Å². The van der Waals surface area contributed by atoms with Crippen LogP contribution in [0.3, 0.4) is 0 Å². The van der Waals surface area contributed by atoms with Gasteiger partial charge in [-0.25, -0.2) is 0 Å². The zero-order valence-electron chi connectivity index (χ0n) is 11.9. The van der Waals surface area contributed by atoms with E-state index in [4.69, 9.17) is 4.52 Å². The van der Waals surface area contributed by atoms with Gasteiger partial charge in [0.1, 0.15) is 5.56 Å². The molecule has 1 aromatic rings. The summed E-state index contributed by atoms with van der Waals surface area (Å²) in [5, 5.41) is 3.91. The van der Waals surface area contributed by atoms with Crippen molar-refractivity contribution in [2.75, 3.05) is 13.1 Å². The average Bonchev–Trinajstić information content (AvgIpc) is 2.66. The van der Waals surface area contributed by atoms with Crippen LogP contribution in [0.1, 0.15) is 55.4 Å². The Balaban J connectivity index is 3.08. The summed E-state index contributed by atoms with van der Waals surface area (Å²) < 4.78 is 5.26. The Bertz CT molecular complexity index is 447. The van der Waals surface area contributed by atoms with Gasteiger partial charge in [-0.3, -0.25) is 4.79 Å². The van der Waals surface area contributed by atoms with Crippen LogP contribution in [0.25, 0.3) is 0 Å². The van der Waals surface area contributed by atoms with Crippen LogP contribution in [0.2, 0.25) is 0 Å². The standard InChI is InChI=1S/C14H22N2O2/c1-7-16(8-9(2)3)14(17)12-11(6)15-18-13(12)10(4)5/h10H,2,7-8H2,1,3-6H3.